The molecule has 144 valence electrons. The van der Waals surface area contributed by atoms with Crippen molar-refractivity contribution in [2.75, 3.05) is 28.4 Å². The zero-order valence-corrected chi connectivity index (χ0v) is 15.5. The van der Waals surface area contributed by atoms with Crippen LogP contribution in [0.2, 0.25) is 0 Å². The van der Waals surface area contributed by atoms with E-state index in [0.29, 0.717) is 0 Å². The predicted octanol–water partition coefficient (Wildman–Crippen LogP) is 0.387. The Morgan fingerprint density at radius 1 is 0.778 bits per heavy atom. The summed E-state index contributed by atoms with van der Waals surface area (Å²) in [4.78, 5) is 51.5. The zero-order chi connectivity index (χ0) is 20.4. The van der Waals surface area contributed by atoms with Crippen molar-refractivity contribution in [3.8, 4) is 0 Å². The van der Waals surface area contributed by atoms with Gasteiger partial charge in [-0.1, -0.05) is 12.2 Å². The van der Waals surface area contributed by atoms with E-state index in [-0.39, 0.29) is 11.3 Å². The van der Waals surface area contributed by atoms with Crippen LogP contribution in [0.4, 0.5) is 0 Å². The van der Waals surface area contributed by atoms with E-state index in [1.807, 2.05) is 0 Å². The van der Waals surface area contributed by atoms with Crippen molar-refractivity contribution in [3.63, 3.8) is 0 Å². The second-order valence-electron chi connectivity index (χ2n) is 5.66. The van der Waals surface area contributed by atoms with Crippen LogP contribution in [0.1, 0.15) is 6.92 Å². The van der Waals surface area contributed by atoms with Crippen LogP contribution in [0.25, 0.3) is 0 Å². The highest BCUT2D eigenvalue weighted by molar-refractivity contribution is 6.17. The van der Waals surface area contributed by atoms with Crippen molar-refractivity contribution in [1.29, 1.82) is 0 Å². The minimum Gasteiger partial charge on any atom is -0.466 e. The number of hydrogen-bond acceptors (Lipinski definition) is 9. The average Bonchev–Trinajstić information content (AvgIpc) is 2.69. The van der Waals surface area contributed by atoms with E-state index in [9.17, 15) is 19.2 Å². The Hall–Kier alpha value is -3.36. The molecule has 2 heterocycles. The second kappa shape index (κ2) is 7.48. The van der Waals surface area contributed by atoms with Gasteiger partial charge in [0, 0.05) is 6.20 Å². The van der Waals surface area contributed by atoms with Crippen LogP contribution in [-0.2, 0) is 38.1 Å². The molecular formula is C18H19NO8. The number of esters is 4. The van der Waals surface area contributed by atoms with E-state index < -0.39 is 40.6 Å². The number of allylic oxidation sites excluding steroid dienone is 2. The quantitative estimate of drug-likeness (QED) is 0.507. The van der Waals surface area contributed by atoms with E-state index >= 15 is 0 Å². The molecule has 2 aliphatic heterocycles. The monoisotopic (exact) mass is 377 g/mol. The van der Waals surface area contributed by atoms with Crippen molar-refractivity contribution >= 4 is 23.9 Å². The van der Waals surface area contributed by atoms with Crippen LogP contribution in [0.3, 0.4) is 0 Å². The van der Waals surface area contributed by atoms with E-state index in [2.05, 4.69) is 0 Å². The third-order valence-electron chi connectivity index (χ3n) is 4.30. The Kier molecular flexibility index (Phi) is 5.53. The van der Waals surface area contributed by atoms with E-state index in [0.717, 1.165) is 28.4 Å². The fourth-order valence-electron chi connectivity index (χ4n) is 3.06. The molecule has 9 heteroatoms. The largest absolute Gasteiger partial charge is 0.466 e. The van der Waals surface area contributed by atoms with E-state index in [4.69, 9.17) is 18.9 Å². The summed E-state index contributed by atoms with van der Waals surface area (Å²) in [5.74, 6) is -3.77. The van der Waals surface area contributed by atoms with Crippen molar-refractivity contribution in [3.05, 3.63) is 46.8 Å². The first-order chi connectivity index (χ1) is 12.8. The SMILES string of the molecule is COC(=O)C1=C(C(=O)OC)N2C=CC=C[C@]2(C)C(C(=O)OC)=C1C(=O)OC. The van der Waals surface area contributed by atoms with E-state index in [1.54, 1.807) is 25.2 Å². The molecule has 0 aromatic rings. The molecule has 0 amide bonds. The summed E-state index contributed by atoms with van der Waals surface area (Å²) in [5, 5.41) is 0. The van der Waals surface area contributed by atoms with Crippen molar-refractivity contribution < 1.29 is 38.1 Å². The summed E-state index contributed by atoms with van der Waals surface area (Å²) in [6, 6.07) is 0. The lowest BCUT2D eigenvalue weighted by Crippen LogP contribution is -2.52. The molecule has 0 saturated heterocycles. The highest BCUT2D eigenvalue weighted by Crippen LogP contribution is 2.43. The van der Waals surface area contributed by atoms with Crippen molar-refractivity contribution in [1.82, 2.24) is 4.90 Å². The lowest BCUT2D eigenvalue weighted by molar-refractivity contribution is -0.144. The van der Waals surface area contributed by atoms with Gasteiger partial charge >= 0.3 is 23.9 Å². The van der Waals surface area contributed by atoms with Gasteiger partial charge in [-0.3, -0.25) is 0 Å². The topological polar surface area (TPSA) is 108 Å². The molecule has 9 nitrogen and oxygen atoms in total. The number of ether oxygens (including phenoxy) is 4. The Morgan fingerprint density at radius 3 is 1.81 bits per heavy atom. The number of carbonyl (C=O) groups is 4. The van der Waals surface area contributed by atoms with Gasteiger partial charge in [0.1, 0.15) is 11.3 Å². The first-order valence-electron chi connectivity index (χ1n) is 7.76. The molecule has 0 aromatic heterocycles. The highest BCUT2D eigenvalue weighted by atomic mass is 16.5. The van der Waals surface area contributed by atoms with Gasteiger partial charge in [0.25, 0.3) is 0 Å². The van der Waals surface area contributed by atoms with Crippen LogP contribution < -0.4 is 0 Å². The molecule has 2 aliphatic rings. The Bertz CT molecular complexity index is 832. The molecule has 0 saturated carbocycles. The van der Waals surface area contributed by atoms with Gasteiger partial charge in [-0.2, -0.15) is 0 Å². The molecule has 0 aliphatic carbocycles. The van der Waals surface area contributed by atoms with E-state index in [1.165, 1.54) is 11.1 Å². The number of methoxy groups -OCH3 is 4. The van der Waals surface area contributed by atoms with Gasteiger partial charge in [-0.25, -0.2) is 19.2 Å². The maximum absolute atomic E-state index is 12.6. The summed E-state index contributed by atoms with van der Waals surface area (Å²) < 4.78 is 19.1. The smallest absolute Gasteiger partial charge is 0.355 e. The number of nitrogens with zero attached hydrogens (tertiary/aromatic N) is 1. The molecule has 27 heavy (non-hydrogen) atoms. The zero-order valence-electron chi connectivity index (χ0n) is 15.5. The number of carbonyl (C=O) groups excluding carboxylic acids is 4. The predicted molar refractivity (Wildman–Crippen MR) is 90.6 cm³/mol. The second-order valence-corrected chi connectivity index (χ2v) is 5.66. The number of rotatable bonds is 4. The maximum atomic E-state index is 12.6. The standard InChI is InChI=1S/C18H19NO8/c1-18-8-6-7-9-19(18)13(17(23)27-5)11(15(21)25-3)10(14(20)24-2)12(18)16(22)26-4/h6-9H,1-5H3/t18-/m1/s1. The highest BCUT2D eigenvalue weighted by Gasteiger charge is 2.51. The summed E-state index contributed by atoms with van der Waals surface area (Å²) in [5.41, 5.74) is -2.62. The van der Waals surface area contributed by atoms with Gasteiger partial charge in [-0.05, 0) is 13.0 Å². The fourth-order valence-corrected chi connectivity index (χ4v) is 3.06. The molecule has 0 aromatic carbocycles. The summed E-state index contributed by atoms with van der Waals surface area (Å²) in [6.45, 7) is 1.58. The molecule has 1 atom stereocenters. The third kappa shape index (κ3) is 3.01. The average molecular weight is 377 g/mol. The third-order valence-corrected chi connectivity index (χ3v) is 4.30. The maximum Gasteiger partial charge on any atom is 0.355 e. The van der Waals surface area contributed by atoms with Gasteiger partial charge in [0.2, 0.25) is 0 Å². The Labute approximate surface area is 155 Å². The molecule has 0 N–H and O–H groups in total. The van der Waals surface area contributed by atoms with Crippen molar-refractivity contribution in [2.45, 2.75) is 12.5 Å². The van der Waals surface area contributed by atoms with Crippen LogP contribution in [0.5, 0.6) is 0 Å². The van der Waals surface area contributed by atoms with Crippen LogP contribution in [0.15, 0.2) is 46.8 Å². The lowest BCUT2D eigenvalue weighted by atomic mass is 9.77. The minimum atomic E-state index is -1.31. The molecule has 0 spiro atoms. The molecule has 0 unspecified atom stereocenters. The number of hydrogen-bond donors (Lipinski definition) is 0. The molecule has 2 rings (SSSR count). The van der Waals surface area contributed by atoms with Gasteiger partial charge < -0.3 is 23.8 Å². The molecule has 0 fully saturated rings. The first-order valence-corrected chi connectivity index (χ1v) is 7.76. The minimum absolute atomic E-state index is 0.175. The Morgan fingerprint density at radius 2 is 1.30 bits per heavy atom. The summed E-state index contributed by atoms with van der Waals surface area (Å²) in [7, 11) is 4.43. The normalized spacial score (nSPS) is 20.9. The van der Waals surface area contributed by atoms with Gasteiger partial charge in [0.05, 0.1) is 45.1 Å². The molecule has 0 radical (unpaired) electrons. The fraction of sp³-hybridized carbons (Fsp3) is 0.333. The lowest BCUT2D eigenvalue weighted by Gasteiger charge is -2.45. The number of fused-ring (bicyclic) bond motifs is 1. The summed E-state index contributed by atoms with van der Waals surface area (Å²) >= 11 is 0. The van der Waals surface area contributed by atoms with Crippen LogP contribution in [0, 0.1) is 0 Å². The van der Waals surface area contributed by atoms with Crippen molar-refractivity contribution in [2.24, 2.45) is 0 Å². The van der Waals surface area contributed by atoms with Gasteiger partial charge in [0.15, 0.2) is 0 Å². The molecular weight excluding hydrogens is 358 g/mol. The van der Waals surface area contributed by atoms with Gasteiger partial charge in [-0.15, -0.1) is 0 Å². The van der Waals surface area contributed by atoms with Crippen LogP contribution >= 0.6 is 0 Å². The Balaban J connectivity index is 3.04. The first kappa shape index (κ1) is 20.0. The summed E-state index contributed by atoms with van der Waals surface area (Å²) in [6.07, 6.45) is 6.29. The van der Waals surface area contributed by atoms with Crippen LogP contribution in [-0.4, -0.2) is 62.8 Å². The molecule has 0 bridgehead atoms.